The van der Waals surface area contributed by atoms with Gasteiger partial charge < -0.3 is 0 Å². The summed E-state index contributed by atoms with van der Waals surface area (Å²) in [6, 6.07) is 9.20. The van der Waals surface area contributed by atoms with Crippen LogP contribution in [0.1, 0.15) is 18.2 Å². The van der Waals surface area contributed by atoms with Crippen LogP contribution in [0.5, 0.6) is 0 Å². The molecule has 2 aromatic rings. The van der Waals surface area contributed by atoms with Gasteiger partial charge in [0.15, 0.2) is 5.03 Å². The Morgan fingerprint density at radius 3 is 2.36 bits per heavy atom. The lowest BCUT2D eigenvalue weighted by atomic mass is 10.4. The molecule has 1 aromatic heterocycles. The Bertz CT molecular complexity index is 923. The maximum Gasteiger partial charge on any atom is 0.226 e. The molecule has 116 valence electrons. The Morgan fingerprint density at radius 1 is 1.18 bits per heavy atom. The minimum absolute atomic E-state index is 0.0313. The number of hydrogen-bond acceptors (Lipinski definition) is 7. The van der Waals surface area contributed by atoms with Crippen molar-refractivity contribution in [2.75, 3.05) is 5.75 Å². The number of hydrogen-bond donors (Lipinski definition) is 0. The highest BCUT2D eigenvalue weighted by atomic mass is 32.2. The standard InChI is InChI=1S/C13H12N2O4S3/c1-2-8-21(16,17)13-15-12(11(9-14)20-13)22(18,19)10-6-4-3-5-7-10/h3-7H,2,8H2,1H3. The molecule has 22 heavy (non-hydrogen) atoms. The molecule has 9 heteroatoms. The molecule has 0 fully saturated rings. The zero-order valence-corrected chi connectivity index (χ0v) is 14.0. The van der Waals surface area contributed by atoms with Gasteiger partial charge in [0, 0.05) is 0 Å². The second-order valence-corrected chi connectivity index (χ2v) is 9.51. The van der Waals surface area contributed by atoms with Crippen LogP contribution >= 0.6 is 11.3 Å². The Hall–Kier alpha value is -1.76. The summed E-state index contributed by atoms with van der Waals surface area (Å²) in [5, 5.41) is 8.60. The molecule has 0 atom stereocenters. The van der Waals surface area contributed by atoms with E-state index in [-0.39, 0.29) is 19.9 Å². The zero-order valence-electron chi connectivity index (χ0n) is 11.6. The molecule has 2 rings (SSSR count). The predicted octanol–water partition coefficient (Wildman–Crippen LogP) is 2.03. The van der Waals surface area contributed by atoms with Crippen LogP contribution in [0.25, 0.3) is 0 Å². The first-order valence-corrected chi connectivity index (χ1v) is 10.2. The van der Waals surface area contributed by atoms with E-state index in [1.54, 1.807) is 31.2 Å². The third-order valence-electron chi connectivity index (χ3n) is 2.72. The second kappa shape index (κ2) is 6.16. The van der Waals surface area contributed by atoms with Gasteiger partial charge in [-0.25, -0.2) is 21.8 Å². The number of rotatable bonds is 5. The number of nitriles is 1. The highest BCUT2D eigenvalue weighted by molar-refractivity contribution is 7.94. The number of sulfone groups is 2. The van der Waals surface area contributed by atoms with Crippen LogP contribution in [-0.2, 0) is 19.7 Å². The molecular weight excluding hydrogens is 344 g/mol. The van der Waals surface area contributed by atoms with Crippen molar-refractivity contribution >= 4 is 31.0 Å². The smallest absolute Gasteiger partial charge is 0.221 e. The molecule has 0 aliphatic rings. The maximum absolute atomic E-state index is 12.5. The van der Waals surface area contributed by atoms with Gasteiger partial charge in [0.25, 0.3) is 0 Å². The number of benzene rings is 1. The van der Waals surface area contributed by atoms with Crippen LogP contribution < -0.4 is 0 Å². The molecule has 6 nitrogen and oxygen atoms in total. The normalized spacial score (nSPS) is 12.0. The molecule has 1 heterocycles. The lowest BCUT2D eigenvalue weighted by Crippen LogP contribution is -2.07. The molecule has 0 radical (unpaired) electrons. The fourth-order valence-corrected chi connectivity index (χ4v) is 5.99. The Labute approximate surface area is 132 Å². The van der Waals surface area contributed by atoms with E-state index in [1.165, 1.54) is 12.1 Å². The summed E-state index contributed by atoms with van der Waals surface area (Å²) in [4.78, 5) is 3.48. The van der Waals surface area contributed by atoms with Gasteiger partial charge in [0.05, 0.1) is 10.6 Å². The van der Waals surface area contributed by atoms with Crippen molar-refractivity contribution in [2.24, 2.45) is 0 Å². The summed E-state index contributed by atoms with van der Waals surface area (Å²) < 4.78 is 48.7. The lowest BCUT2D eigenvalue weighted by Gasteiger charge is -2.01. The van der Waals surface area contributed by atoms with Crippen LogP contribution in [-0.4, -0.2) is 27.6 Å². The van der Waals surface area contributed by atoms with Gasteiger partial charge in [-0.1, -0.05) is 36.5 Å². The zero-order chi connectivity index (χ0) is 16.4. The highest BCUT2D eigenvalue weighted by Gasteiger charge is 2.30. The quantitative estimate of drug-likeness (QED) is 0.811. The molecule has 0 aliphatic carbocycles. The van der Waals surface area contributed by atoms with Crippen molar-refractivity contribution in [3.05, 3.63) is 35.2 Å². The van der Waals surface area contributed by atoms with E-state index in [2.05, 4.69) is 4.98 Å². The fraction of sp³-hybridized carbons (Fsp3) is 0.231. The monoisotopic (exact) mass is 356 g/mol. The van der Waals surface area contributed by atoms with E-state index >= 15 is 0 Å². The van der Waals surface area contributed by atoms with E-state index in [1.807, 2.05) is 0 Å². The van der Waals surface area contributed by atoms with Gasteiger partial charge in [-0.3, -0.25) is 0 Å². The van der Waals surface area contributed by atoms with Crippen molar-refractivity contribution in [2.45, 2.75) is 27.6 Å². The van der Waals surface area contributed by atoms with Gasteiger partial charge in [-0.05, 0) is 18.6 Å². The fourth-order valence-electron chi connectivity index (χ4n) is 1.74. The predicted molar refractivity (Wildman–Crippen MR) is 81.1 cm³/mol. The van der Waals surface area contributed by atoms with E-state index < -0.39 is 24.7 Å². The summed E-state index contributed by atoms with van der Waals surface area (Å²) in [6.45, 7) is 1.69. The van der Waals surface area contributed by atoms with E-state index in [0.717, 1.165) is 0 Å². The van der Waals surface area contributed by atoms with Crippen molar-refractivity contribution in [3.63, 3.8) is 0 Å². The van der Waals surface area contributed by atoms with Crippen molar-refractivity contribution in [1.82, 2.24) is 4.98 Å². The minimum Gasteiger partial charge on any atom is -0.221 e. The van der Waals surface area contributed by atoms with E-state index in [0.29, 0.717) is 17.8 Å². The van der Waals surface area contributed by atoms with Gasteiger partial charge in [-0.2, -0.15) is 5.26 Å². The molecule has 0 aliphatic heterocycles. The first-order valence-electron chi connectivity index (χ1n) is 6.26. The maximum atomic E-state index is 12.5. The third-order valence-corrected chi connectivity index (χ3v) is 7.89. The molecule has 0 amide bonds. The van der Waals surface area contributed by atoms with Crippen LogP contribution in [0, 0.1) is 11.3 Å². The van der Waals surface area contributed by atoms with Crippen LogP contribution in [0.4, 0.5) is 0 Å². The van der Waals surface area contributed by atoms with Crippen molar-refractivity contribution < 1.29 is 16.8 Å². The van der Waals surface area contributed by atoms with Gasteiger partial charge >= 0.3 is 0 Å². The van der Waals surface area contributed by atoms with Crippen molar-refractivity contribution in [1.29, 1.82) is 5.26 Å². The molecule has 0 saturated heterocycles. The highest BCUT2D eigenvalue weighted by Crippen LogP contribution is 2.30. The first-order chi connectivity index (χ1) is 10.3. The minimum atomic E-state index is -4.02. The average Bonchev–Trinajstić information content (AvgIpc) is 2.94. The van der Waals surface area contributed by atoms with Crippen LogP contribution in [0.2, 0.25) is 0 Å². The largest absolute Gasteiger partial charge is 0.226 e. The molecular formula is C13H12N2O4S3. The summed E-state index contributed by atoms with van der Waals surface area (Å²) in [5.41, 5.74) is 0. The Morgan fingerprint density at radius 2 is 1.82 bits per heavy atom. The number of thiazole rings is 1. The third kappa shape index (κ3) is 3.04. The van der Waals surface area contributed by atoms with Gasteiger partial charge in [-0.15, -0.1) is 0 Å². The molecule has 0 N–H and O–H groups in total. The molecule has 0 bridgehead atoms. The summed E-state index contributed by atoms with van der Waals surface area (Å²) >= 11 is 0.589. The number of nitrogens with zero attached hydrogens (tertiary/aromatic N) is 2. The second-order valence-electron chi connectivity index (χ2n) is 4.36. The number of aromatic nitrogens is 1. The molecule has 0 saturated carbocycles. The topological polar surface area (TPSA) is 105 Å². The Balaban J connectivity index is 2.63. The SMILES string of the molecule is CCCS(=O)(=O)c1nc(S(=O)(=O)c2ccccc2)c(C#N)s1. The van der Waals surface area contributed by atoms with Gasteiger partial charge in [0.2, 0.25) is 24.0 Å². The van der Waals surface area contributed by atoms with E-state index in [4.69, 9.17) is 5.26 Å². The van der Waals surface area contributed by atoms with Gasteiger partial charge in [0.1, 0.15) is 10.9 Å². The summed E-state index contributed by atoms with van der Waals surface area (Å²) in [7, 11) is -7.70. The van der Waals surface area contributed by atoms with Crippen molar-refractivity contribution in [3.8, 4) is 6.07 Å². The summed E-state index contributed by atoms with van der Waals surface area (Å²) in [5.74, 6) is -0.143. The molecule has 0 unspecified atom stereocenters. The first kappa shape index (κ1) is 16.6. The van der Waals surface area contributed by atoms with Crippen LogP contribution in [0.15, 0.2) is 44.6 Å². The van der Waals surface area contributed by atoms with Crippen LogP contribution in [0.3, 0.4) is 0 Å². The molecule has 0 spiro atoms. The Kier molecular flexibility index (Phi) is 4.65. The lowest BCUT2D eigenvalue weighted by molar-refractivity contribution is 0.588. The summed E-state index contributed by atoms with van der Waals surface area (Å²) in [6.07, 6.45) is 0.380. The molecule has 1 aromatic carbocycles. The van der Waals surface area contributed by atoms with E-state index in [9.17, 15) is 16.8 Å². The average molecular weight is 356 g/mol.